The van der Waals surface area contributed by atoms with Crippen LogP contribution < -0.4 is 5.32 Å². The number of hydrogen-bond acceptors (Lipinski definition) is 5. The lowest BCUT2D eigenvalue weighted by Crippen LogP contribution is -2.23. The molecule has 7 heteroatoms. The maximum Gasteiger partial charge on any atom is 0.138 e. The molecule has 0 unspecified atom stereocenters. The Labute approximate surface area is 221 Å². The summed E-state index contributed by atoms with van der Waals surface area (Å²) < 4.78 is 0. The number of pyridine rings is 3. The van der Waals surface area contributed by atoms with Crippen molar-refractivity contribution < 1.29 is 0 Å². The molecule has 1 aliphatic carbocycles. The molecule has 0 saturated heterocycles. The van der Waals surface area contributed by atoms with Gasteiger partial charge in [-0.2, -0.15) is 5.10 Å². The van der Waals surface area contributed by atoms with Crippen LogP contribution in [0.15, 0.2) is 97.6 Å². The molecular weight excluding hydrogens is 470 g/mol. The van der Waals surface area contributed by atoms with Crippen molar-refractivity contribution >= 4 is 27.6 Å². The molecular formula is C31H29N7. The normalized spacial score (nSPS) is 14.6. The number of rotatable bonds is 8. The van der Waals surface area contributed by atoms with E-state index in [1.54, 1.807) is 12.4 Å². The third kappa shape index (κ3) is 4.32. The van der Waals surface area contributed by atoms with Gasteiger partial charge in [0.1, 0.15) is 16.9 Å². The van der Waals surface area contributed by atoms with Crippen LogP contribution in [0.1, 0.15) is 31.9 Å². The van der Waals surface area contributed by atoms with Gasteiger partial charge >= 0.3 is 0 Å². The van der Waals surface area contributed by atoms with Crippen molar-refractivity contribution in [1.82, 2.24) is 35.5 Å². The van der Waals surface area contributed by atoms with Crippen molar-refractivity contribution in [2.24, 2.45) is 5.92 Å². The van der Waals surface area contributed by atoms with Gasteiger partial charge in [-0.1, -0.05) is 31.7 Å². The molecule has 0 radical (unpaired) electrons. The third-order valence-electron chi connectivity index (χ3n) is 7.18. The van der Waals surface area contributed by atoms with E-state index in [-0.39, 0.29) is 0 Å². The Morgan fingerprint density at radius 2 is 2.00 bits per heavy atom. The Bertz CT molecular complexity index is 1720. The summed E-state index contributed by atoms with van der Waals surface area (Å²) in [6.07, 6.45) is 13.2. The highest BCUT2D eigenvalue weighted by Crippen LogP contribution is 2.33. The molecule has 1 fully saturated rings. The van der Waals surface area contributed by atoms with Crippen LogP contribution in [0.4, 0.5) is 0 Å². The summed E-state index contributed by atoms with van der Waals surface area (Å²) in [5, 5.41) is 12.2. The van der Waals surface area contributed by atoms with Gasteiger partial charge in [0.25, 0.3) is 0 Å². The highest BCUT2D eigenvalue weighted by Gasteiger charge is 2.21. The van der Waals surface area contributed by atoms with Gasteiger partial charge < -0.3 is 10.3 Å². The van der Waals surface area contributed by atoms with Crippen LogP contribution in [-0.2, 0) is 0 Å². The first-order valence-corrected chi connectivity index (χ1v) is 12.9. The molecule has 0 aliphatic heterocycles. The van der Waals surface area contributed by atoms with Crippen LogP contribution in [0.3, 0.4) is 0 Å². The fraction of sp³-hybridized carbons (Fsp3) is 0.161. The minimum atomic E-state index is 0.541. The summed E-state index contributed by atoms with van der Waals surface area (Å²) in [7, 11) is 0. The van der Waals surface area contributed by atoms with Gasteiger partial charge in [-0.3, -0.25) is 10.1 Å². The highest BCUT2D eigenvalue weighted by molar-refractivity contribution is 5.98. The van der Waals surface area contributed by atoms with Gasteiger partial charge in [-0.05, 0) is 79.8 Å². The fourth-order valence-corrected chi connectivity index (χ4v) is 4.81. The fourth-order valence-electron chi connectivity index (χ4n) is 4.81. The van der Waals surface area contributed by atoms with Gasteiger partial charge in [0.05, 0.1) is 22.6 Å². The van der Waals surface area contributed by atoms with Crippen LogP contribution in [0.2, 0.25) is 0 Å². The van der Waals surface area contributed by atoms with Crippen LogP contribution in [0, 0.1) is 5.92 Å². The summed E-state index contributed by atoms with van der Waals surface area (Å²) in [4.78, 5) is 17.5. The molecule has 0 spiro atoms. The number of H-pyrrole nitrogens is 2. The zero-order valence-electron chi connectivity index (χ0n) is 21.3. The molecule has 3 N–H and O–H groups in total. The summed E-state index contributed by atoms with van der Waals surface area (Å²) in [6.45, 7) is 10.2. The van der Waals surface area contributed by atoms with E-state index in [0.29, 0.717) is 5.92 Å². The first kappa shape index (κ1) is 23.6. The molecule has 6 rings (SSSR count). The van der Waals surface area contributed by atoms with E-state index < -0.39 is 0 Å². The van der Waals surface area contributed by atoms with Crippen LogP contribution in [0.25, 0.3) is 50.3 Å². The quantitative estimate of drug-likeness (QED) is 0.201. The van der Waals surface area contributed by atoms with Crippen LogP contribution in [-0.4, -0.2) is 30.1 Å². The van der Waals surface area contributed by atoms with Crippen LogP contribution in [0.5, 0.6) is 0 Å². The van der Waals surface area contributed by atoms with Crippen molar-refractivity contribution in [3.63, 3.8) is 0 Å². The summed E-state index contributed by atoms with van der Waals surface area (Å²) >= 11 is 0. The van der Waals surface area contributed by atoms with E-state index in [2.05, 4.69) is 61.8 Å². The second-order valence-corrected chi connectivity index (χ2v) is 9.51. The molecule has 0 aromatic carbocycles. The van der Waals surface area contributed by atoms with Gasteiger partial charge in [-0.15, -0.1) is 0 Å². The van der Waals surface area contributed by atoms with Crippen LogP contribution >= 0.6 is 0 Å². The Balaban J connectivity index is 1.37. The molecule has 1 saturated carbocycles. The lowest BCUT2D eigenvalue weighted by Gasteiger charge is -2.28. The largest absolute Gasteiger partial charge is 0.359 e. The molecule has 5 aromatic heterocycles. The lowest BCUT2D eigenvalue weighted by molar-refractivity contribution is 0.356. The van der Waals surface area contributed by atoms with E-state index in [1.165, 1.54) is 19.3 Å². The molecule has 1 aliphatic rings. The van der Waals surface area contributed by atoms with Crippen molar-refractivity contribution in [1.29, 1.82) is 0 Å². The third-order valence-corrected chi connectivity index (χ3v) is 7.18. The van der Waals surface area contributed by atoms with E-state index in [4.69, 9.17) is 4.98 Å². The van der Waals surface area contributed by atoms with Crippen molar-refractivity contribution in [3.05, 3.63) is 103 Å². The Morgan fingerprint density at radius 3 is 2.74 bits per heavy atom. The monoisotopic (exact) mass is 499 g/mol. The first-order chi connectivity index (χ1) is 18.6. The minimum absolute atomic E-state index is 0.541. The van der Waals surface area contributed by atoms with E-state index in [9.17, 15) is 0 Å². The smallest absolute Gasteiger partial charge is 0.138 e. The summed E-state index contributed by atoms with van der Waals surface area (Å²) in [6, 6.07) is 14.0. The average Bonchev–Trinajstić information content (AvgIpc) is 3.54. The van der Waals surface area contributed by atoms with Crippen molar-refractivity contribution in [3.8, 4) is 22.6 Å². The minimum Gasteiger partial charge on any atom is -0.359 e. The van der Waals surface area contributed by atoms with Gasteiger partial charge in [0.15, 0.2) is 0 Å². The number of aromatic nitrogens is 6. The second-order valence-electron chi connectivity index (χ2n) is 9.51. The second kappa shape index (κ2) is 9.94. The average molecular weight is 500 g/mol. The van der Waals surface area contributed by atoms with Gasteiger partial charge in [0.2, 0.25) is 0 Å². The molecule has 0 bridgehead atoms. The molecule has 188 valence electrons. The summed E-state index contributed by atoms with van der Waals surface area (Å²) in [5.41, 5.74) is 9.72. The first-order valence-electron chi connectivity index (χ1n) is 12.9. The SMILES string of the molecule is C=C/C(=C\C(=C/C)c1ccc2[nH]nc(-c3cc4c(-c5ccccn5)ccnc4[nH]3)c2n1)NC(=C)C1CCC1. The van der Waals surface area contributed by atoms with Gasteiger partial charge in [-0.25, -0.2) is 9.97 Å². The number of allylic oxidation sites excluding steroid dienone is 5. The maximum atomic E-state index is 5.02. The van der Waals surface area contributed by atoms with Crippen molar-refractivity contribution in [2.45, 2.75) is 26.2 Å². The zero-order valence-corrected chi connectivity index (χ0v) is 21.3. The number of nitrogens with one attached hydrogen (secondary N) is 3. The predicted octanol–water partition coefficient (Wildman–Crippen LogP) is 6.94. The van der Waals surface area contributed by atoms with E-state index in [0.717, 1.165) is 67.4 Å². The van der Waals surface area contributed by atoms with Gasteiger partial charge in [0, 0.05) is 34.7 Å². The molecule has 7 nitrogen and oxygen atoms in total. The predicted molar refractivity (Wildman–Crippen MR) is 154 cm³/mol. The number of hydrogen-bond donors (Lipinski definition) is 3. The lowest BCUT2D eigenvalue weighted by atomic mass is 9.83. The maximum absolute atomic E-state index is 5.02. The van der Waals surface area contributed by atoms with E-state index >= 15 is 0 Å². The highest BCUT2D eigenvalue weighted by atomic mass is 15.1. The zero-order chi connectivity index (χ0) is 26.1. The summed E-state index contributed by atoms with van der Waals surface area (Å²) in [5.74, 6) is 0.541. The number of aromatic amines is 2. The Hall–Kier alpha value is -4.78. The molecule has 0 amide bonds. The molecule has 0 atom stereocenters. The number of nitrogens with zero attached hydrogens (tertiary/aromatic N) is 4. The molecule has 5 heterocycles. The number of fused-ring (bicyclic) bond motifs is 2. The Kier molecular flexibility index (Phi) is 6.17. The topological polar surface area (TPSA) is 95.2 Å². The standard InChI is InChI=1S/C31H29N7/c1-4-20(17-22(5-2)34-19(3)21-9-8-10-21)25-12-13-27-29(35-25)30(38-37-27)28-18-24-23(14-16-33-31(24)36-28)26-11-6-7-15-32-26/h4-7,11-18,21,34H,2-3,8-10H2,1H3,(H,33,36)(H,37,38)/b20-4+,22-17+. The molecule has 38 heavy (non-hydrogen) atoms. The van der Waals surface area contributed by atoms with E-state index in [1.807, 2.05) is 49.4 Å². The Morgan fingerprint density at radius 1 is 1.11 bits per heavy atom. The van der Waals surface area contributed by atoms with Crippen molar-refractivity contribution in [2.75, 3.05) is 0 Å². The molecule has 5 aromatic rings.